The molecule has 0 fully saturated rings. The van der Waals surface area contributed by atoms with Gasteiger partial charge in [0, 0.05) is 29.9 Å². The maximum Gasteiger partial charge on any atom is 0.273 e. The van der Waals surface area contributed by atoms with Crippen molar-refractivity contribution in [3.05, 3.63) is 94.1 Å². The second-order valence-electron chi connectivity index (χ2n) is 6.35. The van der Waals surface area contributed by atoms with E-state index in [4.69, 9.17) is 21.2 Å². The van der Waals surface area contributed by atoms with E-state index < -0.39 is 5.91 Å². The number of rotatable bonds is 8. The van der Waals surface area contributed by atoms with Gasteiger partial charge in [-0.25, -0.2) is 4.98 Å². The molecular weight excluding hydrogens is 418 g/mol. The highest BCUT2D eigenvalue weighted by Crippen LogP contribution is 2.25. The van der Waals surface area contributed by atoms with Crippen LogP contribution in [0.3, 0.4) is 0 Å². The summed E-state index contributed by atoms with van der Waals surface area (Å²) >= 11 is 6.30. The Morgan fingerprint density at radius 3 is 2.45 bits per heavy atom. The van der Waals surface area contributed by atoms with E-state index in [1.165, 1.54) is 26.4 Å². The third-order valence-corrected chi connectivity index (χ3v) is 4.64. The van der Waals surface area contributed by atoms with Crippen LogP contribution in [0.4, 0.5) is 0 Å². The summed E-state index contributed by atoms with van der Waals surface area (Å²) in [6.45, 7) is 0.0780. The lowest BCUT2D eigenvalue weighted by molar-refractivity contribution is -0.114. The second kappa shape index (κ2) is 10.4. The van der Waals surface area contributed by atoms with E-state index in [1.807, 2.05) is 12.1 Å². The number of likely N-dealkylation sites (N-methyl/N-ethyl adjacent to an activating group) is 1. The van der Waals surface area contributed by atoms with E-state index >= 15 is 0 Å². The van der Waals surface area contributed by atoms with Crippen molar-refractivity contribution in [3.8, 4) is 5.88 Å². The quantitative estimate of drug-likeness (QED) is 0.330. The molecule has 0 bridgehead atoms. The van der Waals surface area contributed by atoms with Crippen molar-refractivity contribution in [2.75, 3.05) is 14.2 Å². The minimum Gasteiger partial charge on any atom is -0.472 e. The number of hydrogen-bond acceptors (Lipinski definition) is 6. The van der Waals surface area contributed by atoms with Crippen LogP contribution in [0, 0.1) is 0 Å². The Morgan fingerprint density at radius 2 is 1.77 bits per heavy atom. The predicted octanol–water partition coefficient (Wildman–Crippen LogP) is 3.64. The summed E-state index contributed by atoms with van der Waals surface area (Å²) in [6.07, 6.45) is 1.42. The summed E-state index contributed by atoms with van der Waals surface area (Å²) in [7, 11) is 2.87. The number of halogens is 1. The number of oxime groups is 1. The molecule has 1 N–H and O–H groups in total. The number of hydrogen-bond donors (Lipinski definition) is 1. The van der Waals surface area contributed by atoms with E-state index in [9.17, 15) is 9.59 Å². The fraction of sp³-hybridized carbons (Fsp3) is 0.130. The van der Waals surface area contributed by atoms with Crippen molar-refractivity contribution in [3.63, 3.8) is 0 Å². The van der Waals surface area contributed by atoms with Crippen LogP contribution in [-0.2, 0) is 16.2 Å². The highest BCUT2D eigenvalue weighted by Gasteiger charge is 2.18. The molecule has 1 aromatic heterocycles. The number of pyridine rings is 1. The molecule has 8 heteroatoms. The van der Waals surface area contributed by atoms with Gasteiger partial charge in [0.15, 0.2) is 11.5 Å². The molecule has 0 aliphatic heterocycles. The molecular formula is C23H20ClN3O4. The molecule has 158 valence electrons. The van der Waals surface area contributed by atoms with Crippen LogP contribution in [0.15, 0.2) is 72.0 Å². The highest BCUT2D eigenvalue weighted by molar-refractivity contribution is 6.45. The number of nitrogens with zero attached hydrogens (tertiary/aromatic N) is 2. The standard InChI is InChI=1S/C23H20ClN3O4/c1-25-22(29)20(27-30-2)18-11-7-6-10-16(18)14-31-23-19(24)12-17(13-26-23)21(28)15-8-4-3-5-9-15/h3-13H,14H2,1-2H3,(H,25,29)/b27-20+. The normalized spacial score (nSPS) is 11.0. The monoisotopic (exact) mass is 437 g/mol. The summed E-state index contributed by atoms with van der Waals surface area (Å²) in [5, 5.41) is 6.57. The number of nitrogens with one attached hydrogen (secondary N) is 1. The van der Waals surface area contributed by atoms with Crippen molar-refractivity contribution in [1.82, 2.24) is 10.3 Å². The number of amides is 1. The molecule has 0 aliphatic rings. The second-order valence-corrected chi connectivity index (χ2v) is 6.76. The molecule has 2 aromatic carbocycles. The topological polar surface area (TPSA) is 89.9 Å². The Morgan fingerprint density at radius 1 is 1.06 bits per heavy atom. The Kier molecular flexibility index (Phi) is 7.35. The number of benzene rings is 2. The van der Waals surface area contributed by atoms with Crippen molar-refractivity contribution in [2.24, 2.45) is 5.16 Å². The number of ketones is 1. The van der Waals surface area contributed by atoms with Gasteiger partial charge in [-0.3, -0.25) is 9.59 Å². The SMILES string of the molecule is CNC(=O)/C(=N/OC)c1ccccc1COc1ncc(C(=O)c2ccccc2)cc1Cl. The summed E-state index contributed by atoms with van der Waals surface area (Å²) in [4.78, 5) is 33.7. The summed E-state index contributed by atoms with van der Waals surface area (Å²) in [5.41, 5.74) is 2.26. The predicted molar refractivity (Wildman–Crippen MR) is 118 cm³/mol. The molecule has 0 atom stereocenters. The zero-order valence-corrected chi connectivity index (χ0v) is 17.7. The van der Waals surface area contributed by atoms with Crippen LogP contribution in [0.1, 0.15) is 27.0 Å². The maximum absolute atomic E-state index is 12.6. The number of aromatic nitrogens is 1. The van der Waals surface area contributed by atoms with Gasteiger partial charge >= 0.3 is 0 Å². The smallest absolute Gasteiger partial charge is 0.273 e. The number of carbonyl (C=O) groups excluding carboxylic acids is 2. The van der Waals surface area contributed by atoms with Crippen molar-refractivity contribution < 1.29 is 19.2 Å². The molecule has 0 aliphatic carbocycles. The largest absolute Gasteiger partial charge is 0.472 e. The molecule has 3 rings (SSSR count). The maximum atomic E-state index is 12.6. The van der Waals surface area contributed by atoms with Crippen LogP contribution in [-0.4, -0.2) is 36.5 Å². The van der Waals surface area contributed by atoms with Crippen molar-refractivity contribution in [1.29, 1.82) is 0 Å². The molecule has 7 nitrogen and oxygen atoms in total. The molecule has 0 radical (unpaired) electrons. The van der Waals surface area contributed by atoms with Crippen molar-refractivity contribution in [2.45, 2.75) is 6.61 Å². The van der Waals surface area contributed by atoms with E-state index in [0.29, 0.717) is 22.3 Å². The Hall–Kier alpha value is -3.71. The first-order chi connectivity index (χ1) is 15.0. The first kappa shape index (κ1) is 22.0. The van der Waals surface area contributed by atoms with Crippen LogP contribution in [0.25, 0.3) is 0 Å². The van der Waals surface area contributed by atoms with Gasteiger partial charge in [-0.15, -0.1) is 0 Å². The molecule has 0 spiro atoms. The number of carbonyl (C=O) groups is 2. The van der Waals surface area contributed by atoms with Crippen molar-refractivity contribution >= 4 is 29.0 Å². The molecule has 31 heavy (non-hydrogen) atoms. The summed E-state index contributed by atoms with van der Waals surface area (Å²) < 4.78 is 5.76. The van der Waals surface area contributed by atoms with E-state index in [2.05, 4.69) is 15.5 Å². The zero-order valence-electron chi connectivity index (χ0n) is 17.0. The van der Waals surface area contributed by atoms with Gasteiger partial charge in [-0.05, 0) is 11.6 Å². The molecule has 1 heterocycles. The first-order valence-electron chi connectivity index (χ1n) is 9.34. The lowest BCUT2D eigenvalue weighted by Gasteiger charge is -2.12. The van der Waals surface area contributed by atoms with Gasteiger partial charge < -0.3 is 14.9 Å². The van der Waals surface area contributed by atoms with Gasteiger partial charge in [0.2, 0.25) is 5.88 Å². The van der Waals surface area contributed by atoms with Gasteiger partial charge in [0.1, 0.15) is 18.7 Å². The van der Waals surface area contributed by atoms with E-state index in [-0.39, 0.29) is 29.0 Å². The molecule has 0 saturated heterocycles. The Balaban J connectivity index is 1.80. The Labute approximate surface area is 184 Å². The molecule has 0 saturated carbocycles. The summed E-state index contributed by atoms with van der Waals surface area (Å²) in [6, 6.07) is 17.5. The first-order valence-corrected chi connectivity index (χ1v) is 9.72. The zero-order chi connectivity index (χ0) is 22.2. The third kappa shape index (κ3) is 5.26. The number of ether oxygens (including phenoxy) is 1. The van der Waals surface area contributed by atoms with E-state index in [1.54, 1.807) is 42.5 Å². The van der Waals surface area contributed by atoms with Crippen LogP contribution in [0.2, 0.25) is 5.02 Å². The van der Waals surface area contributed by atoms with Crippen LogP contribution >= 0.6 is 11.6 Å². The molecule has 3 aromatic rings. The van der Waals surface area contributed by atoms with Gasteiger partial charge in [0.25, 0.3) is 5.91 Å². The molecule has 1 amide bonds. The fourth-order valence-corrected chi connectivity index (χ4v) is 3.08. The van der Waals surface area contributed by atoms with E-state index in [0.717, 1.165) is 0 Å². The van der Waals surface area contributed by atoms with Crippen LogP contribution < -0.4 is 10.1 Å². The van der Waals surface area contributed by atoms with Crippen LogP contribution in [0.5, 0.6) is 5.88 Å². The minimum absolute atomic E-state index is 0.0780. The fourth-order valence-electron chi connectivity index (χ4n) is 2.86. The minimum atomic E-state index is -0.394. The third-order valence-electron chi connectivity index (χ3n) is 4.37. The van der Waals surface area contributed by atoms with Gasteiger partial charge in [-0.1, -0.05) is 71.4 Å². The average molecular weight is 438 g/mol. The average Bonchev–Trinajstić information content (AvgIpc) is 2.81. The van der Waals surface area contributed by atoms with Gasteiger partial charge in [0.05, 0.1) is 0 Å². The lowest BCUT2D eigenvalue weighted by atomic mass is 10.0. The lowest BCUT2D eigenvalue weighted by Crippen LogP contribution is -2.29. The summed E-state index contributed by atoms with van der Waals surface area (Å²) in [5.74, 6) is -0.404. The Bertz CT molecular complexity index is 1120. The van der Waals surface area contributed by atoms with Gasteiger partial charge in [-0.2, -0.15) is 0 Å². The highest BCUT2D eigenvalue weighted by atomic mass is 35.5. The molecule has 0 unspecified atom stereocenters.